The van der Waals surface area contributed by atoms with Gasteiger partial charge >= 0.3 is 0 Å². The number of nitrogens with zero attached hydrogens (tertiary/aromatic N) is 3. The van der Waals surface area contributed by atoms with Gasteiger partial charge in [0.2, 0.25) is 0 Å². The minimum Gasteiger partial charge on any atom is -0.496 e. The molecule has 1 heterocycles. The fourth-order valence-corrected chi connectivity index (χ4v) is 3.10. The number of carbonyl (C=O) groups excluding carboxylic acids is 1. The highest BCUT2D eigenvalue weighted by molar-refractivity contribution is 6.04. The molecule has 0 aliphatic rings. The van der Waals surface area contributed by atoms with Crippen molar-refractivity contribution >= 4 is 28.3 Å². The van der Waals surface area contributed by atoms with Crippen LogP contribution < -0.4 is 10.1 Å². The number of methoxy groups -OCH3 is 1. The van der Waals surface area contributed by atoms with Crippen molar-refractivity contribution in [2.45, 2.75) is 0 Å². The van der Waals surface area contributed by atoms with E-state index in [1.807, 2.05) is 0 Å². The molecule has 31 heavy (non-hydrogen) atoms. The van der Waals surface area contributed by atoms with Crippen LogP contribution in [0, 0.1) is 15.9 Å². The number of aromatic nitrogens is 2. The summed E-state index contributed by atoms with van der Waals surface area (Å²) in [6.45, 7) is 0. The molecule has 0 bridgehead atoms. The molecular formula is C21H15FN4O5. The molecule has 4 rings (SSSR count). The lowest BCUT2D eigenvalue weighted by Gasteiger charge is -2.11. The zero-order valence-corrected chi connectivity index (χ0v) is 16.1. The second-order valence-electron chi connectivity index (χ2n) is 6.55. The third-order valence-corrected chi connectivity index (χ3v) is 4.63. The van der Waals surface area contributed by atoms with Crippen molar-refractivity contribution in [3.8, 4) is 17.1 Å². The Morgan fingerprint density at radius 3 is 2.58 bits per heavy atom. The summed E-state index contributed by atoms with van der Waals surface area (Å²) in [5.41, 5.74) is 1.44. The standard InChI is InChI=1S/C21H15FN4O5/c1-31-19-10-14(23-21(27)12-2-4-13(22)5-3-12)6-8-16(19)20-24-17-9-7-15(26(29)30)11-18(17)25(20)28/h2-11,28H,1H3,(H,23,27). The first-order valence-electron chi connectivity index (χ1n) is 8.99. The zero-order valence-electron chi connectivity index (χ0n) is 16.1. The molecule has 0 unspecified atom stereocenters. The summed E-state index contributed by atoms with van der Waals surface area (Å²) in [7, 11) is 1.42. The third kappa shape index (κ3) is 3.73. The number of halogens is 1. The smallest absolute Gasteiger partial charge is 0.271 e. The second-order valence-corrected chi connectivity index (χ2v) is 6.55. The molecule has 10 heteroatoms. The van der Waals surface area contributed by atoms with Gasteiger partial charge in [-0.2, -0.15) is 4.73 Å². The minimum atomic E-state index is -0.564. The number of hydrogen-bond donors (Lipinski definition) is 2. The quantitative estimate of drug-likeness (QED) is 0.282. The van der Waals surface area contributed by atoms with Crippen molar-refractivity contribution in [2.75, 3.05) is 12.4 Å². The first-order valence-corrected chi connectivity index (χ1v) is 8.99. The number of imidazole rings is 1. The Hall–Kier alpha value is -4.47. The summed E-state index contributed by atoms with van der Waals surface area (Å²) < 4.78 is 19.2. The van der Waals surface area contributed by atoms with Gasteiger partial charge in [-0.15, -0.1) is 0 Å². The number of hydrogen-bond acceptors (Lipinski definition) is 6. The van der Waals surface area contributed by atoms with E-state index in [1.165, 1.54) is 49.6 Å². The lowest BCUT2D eigenvalue weighted by Crippen LogP contribution is -2.12. The number of nitrogens with one attached hydrogen (secondary N) is 1. The molecule has 1 amide bonds. The summed E-state index contributed by atoms with van der Waals surface area (Å²) in [5.74, 6) is -0.461. The van der Waals surface area contributed by atoms with Gasteiger partial charge in [-0.05, 0) is 42.5 Å². The molecule has 2 N–H and O–H groups in total. The van der Waals surface area contributed by atoms with Crippen LogP contribution in [0.2, 0.25) is 0 Å². The van der Waals surface area contributed by atoms with E-state index in [0.29, 0.717) is 22.5 Å². The first-order chi connectivity index (χ1) is 14.9. The third-order valence-electron chi connectivity index (χ3n) is 4.63. The lowest BCUT2D eigenvalue weighted by atomic mass is 10.1. The van der Waals surface area contributed by atoms with Crippen LogP contribution in [0.1, 0.15) is 10.4 Å². The van der Waals surface area contributed by atoms with Gasteiger partial charge in [0, 0.05) is 29.4 Å². The molecule has 0 aliphatic heterocycles. The van der Waals surface area contributed by atoms with E-state index in [4.69, 9.17) is 4.74 Å². The van der Waals surface area contributed by atoms with E-state index < -0.39 is 16.6 Å². The molecule has 9 nitrogen and oxygen atoms in total. The molecule has 3 aromatic carbocycles. The average Bonchev–Trinajstić information content (AvgIpc) is 3.09. The van der Waals surface area contributed by atoms with Crippen LogP contribution in [0.5, 0.6) is 5.75 Å². The Balaban J connectivity index is 1.68. The van der Waals surface area contributed by atoms with Gasteiger partial charge in [0.15, 0.2) is 5.82 Å². The summed E-state index contributed by atoms with van der Waals surface area (Å²) in [5, 5.41) is 24.2. The summed E-state index contributed by atoms with van der Waals surface area (Å²) in [6.07, 6.45) is 0. The molecule has 0 saturated heterocycles. The number of nitro benzene ring substituents is 1. The van der Waals surface area contributed by atoms with Crippen LogP contribution in [0.3, 0.4) is 0 Å². The Morgan fingerprint density at radius 2 is 1.90 bits per heavy atom. The maximum atomic E-state index is 13.0. The van der Waals surface area contributed by atoms with Gasteiger partial charge in [0.25, 0.3) is 11.6 Å². The molecule has 0 atom stereocenters. The summed E-state index contributed by atoms with van der Waals surface area (Å²) in [4.78, 5) is 27.1. The zero-order chi connectivity index (χ0) is 22.1. The van der Waals surface area contributed by atoms with E-state index in [-0.39, 0.29) is 22.6 Å². The van der Waals surface area contributed by atoms with E-state index >= 15 is 0 Å². The number of rotatable bonds is 5. The molecule has 0 aliphatic carbocycles. The Kier molecular flexibility index (Phi) is 4.96. The predicted molar refractivity (Wildman–Crippen MR) is 110 cm³/mol. The molecule has 1 aromatic heterocycles. The average molecular weight is 422 g/mol. The van der Waals surface area contributed by atoms with Crippen LogP contribution in [-0.4, -0.2) is 32.9 Å². The molecule has 156 valence electrons. The highest BCUT2D eigenvalue weighted by atomic mass is 19.1. The van der Waals surface area contributed by atoms with E-state index in [2.05, 4.69) is 10.3 Å². The van der Waals surface area contributed by atoms with Crippen LogP contribution in [0.15, 0.2) is 60.7 Å². The van der Waals surface area contributed by atoms with Gasteiger partial charge in [-0.1, -0.05) is 0 Å². The van der Waals surface area contributed by atoms with Crippen molar-refractivity contribution in [1.29, 1.82) is 0 Å². The van der Waals surface area contributed by atoms with Gasteiger partial charge in [0.1, 0.15) is 17.1 Å². The van der Waals surface area contributed by atoms with Crippen LogP contribution in [0.25, 0.3) is 22.4 Å². The molecule has 0 spiro atoms. The predicted octanol–water partition coefficient (Wildman–Crippen LogP) is 4.25. The number of fused-ring (bicyclic) bond motifs is 1. The molecule has 0 fully saturated rings. The second kappa shape index (κ2) is 7.75. The number of carbonyl (C=O) groups is 1. The monoisotopic (exact) mass is 422 g/mol. The minimum absolute atomic E-state index is 0.115. The number of benzene rings is 3. The van der Waals surface area contributed by atoms with Crippen molar-refractivity contribution in [1.82, 2.24) is 9.71 Å². The van der Waals surface area contributed by atoms with Crippen molar-refractivity contribution < 1.29 is 24.1 Å². The number of ether oxygens (including phenoxy) is 1. The fraction of sp³-hybridized carbons (Fsp3) is 0.0476. The number of amides is 1. The number of non-ortho nitro benzene ring substituents is 1. The molecule has 0 radical (unpaired) electrons. The first kappa shape index (κ1) is 19.8. The van der Waals surface area contributed by atoms with Crippen molar-refractivity contribution in [3.63, 3.8) is 0 Å². The van der Waals surface area contributed by atoms with E-state index in [1.54, 1.807) is 18.2 Å². The molecular weight excluding hydrogens is 407 g/mol. The Morgan fingerprint density at radius 1 is 1.16 bits per heavy atom. The topological polar surface area (TPSA) is 120 Å². The SMILES string of the molecule is COc1cc(NC(=O)c2ccc(F)cc2)ccc1-c1nc2ccc([N+](=O)[O-])cc2n1O. The van der Waals surface area contributed by atoms with Crippen LogP contribution in [0.4, 0.5) is 15.8 Å². The van der Waals surface area contributed by atoms with Gasteiger partial charge < -0.3 is 15.3 Å². The number of anilines is 1. The Labute approximate surface area is 174 Å². The van der Waals surface area contributed by atoms with Gasteiger partial charge in [0.05, 0.1) is 23.1 Å². The fourth-order valence-electron chi connectivity index (χ4n) is 3.10. The number of nitro groups is 1. The van der Waals surface area contributed by atoms with Crippen molar-refractivity contribution in [3.05, 3.63) is 82.2 Å². The Bertz CT molecular complexity index is 1320. The summed E-state index contributed by atoms with van der Waals surface area (Å²) >= 11 is 0. The molecule has 0 saturated carbocycles. The normalized spacial score (nSPS) is 10.8. The van der Waals surface area contributed by atoms with Crippen LogP contribution >= 0.6 is 0 Å². The lowest BCUT2D eigenvalue weighted by molar-refractivity contribution is -0.384. The van der Waals surface area contributed by atoms with Gasteiger partial charge in [-0.3, -0.25) is 14.9 Å². The highest BCUT2D eigenvalue weighted by Crippen LogP contribution is 2.34. The largest absolute Gasteiger partial charge is 0.496 e. The highest BCUT2D eigenvalue weighted by Gasteiger charge is 2.19. The summed E-state index contributed by atoms with van der Waals surface area (Å²) in [6, 6.07) is 13.8. The molecule has 4 aromatic rings. The van der Waals surface area contributed by atoms with E-state index in [9.17, 15) is 24.5 Å². The maximum Gasteiger partial charge on any atom is 0.271 e. The van der Waals surface area contributed by atoms with Crippen LogP contribution in [-0.2, 0) is 0 Å². The van der Waals surface area contributed by atoms with Crippen molar-refractivity contribution in [2.24, 2.45) is 0 Å². The van der Waals surface area contributed by atoms with E-state index in [0.717, 1.165) is 4.73 Å². The van der Waals surface area contributed by atoms with Gasteiger partial charge in [-0.25, -0.2) is 9.37 Å². The maximum absolute atomic E-state index is 13.0.